The second-order valence-electron chi connectivity index (χ2n) is 4.66. The van der Waals surface area contributed by atoms with Crippen LogP contribution in [0.4, 0.5) is 10.1 Å². The third-order valence-corrected chi connectivity index (χ3v) is 4.43. The fraction of sp³-hybridized carbons (Fsp3) is 0.133. The van der Waals surface area contributed by atoms with E-state index >= 15 is 0 Å². The van der Waals surface area contributed by atoms with E-state index in [-0.39, 0.29) is 10.6 Å². The molecule has 0 aliphatic rings. The van der Waals surface area contributed by atoms with Crippen molar-refractivity contribution in [1.29, 1.82) is 0 Å². The van der Waals surface area contributed by atoms with Gasteiger partial charge in [0.1, 0.15) is 5.82 Å². The molecule has 0 unspecified atom stereocenters. The average Bonchev–Trinajstić information content (AvgIpc) is 2.47. The first kappa shape index (κ1) is 16.1. The number of rotatable bonds is 5. The summed E-state index contributed by atoms with van der Waals surface area (Å²) >= 11 is 0. The largest absolute Gasteiger partial charge is 0.325 e. The van der Waals surface area contributed by atoms with Gasteiger partial charge in [0.05, 0.1) is 10.9 Å². The number of nitrogens with one attached hydrogen (secondary N) is 2. The van der Waals surface area contributed by atoms with Gasteiger partial charge >= 0.3 is 0 Å². The van der Waals surface area contributed by atoms with E-state index in [1.165, 1.54) is 37.3 Å². The fourth-order valence-electron chi connectivity index (χ4n) is 1.77. The summed E-state index contributed by atoms with van der Waals surface area (Å²) in [7, 11) is -3.79. The number of amides is 1. The van der Waals surface area contributed by atoms with Crippen molar-refractivity contribution in [2.75, 3.05) is 5.32 Å². The van der Waals surface area contributed by atoms with Gasteiger partial charge in [-0.15, -0.1) is 0 Å². The van der Waals surface area contributed by atoms with Gasteiger partial charge in [0.15, 0.2) is 0 Å². The highest BCUT2D eigenvalue weighted by molar-refractivity contribution is 7.89. The first-order valence-electron chi connectivity index (χ1n) is 6.52. The molecule has 2 N–H and O–H groups in total. The zero-order valence-corrected chi connectivity index (χ0v) is 12.6. The summed E-state index contributed by atoms with van der Waals surface area (Å²) in [6.07, 6.45) is 0. The molecule has 1 amide bonds. The maximum absolute atomic E-state index is 13.0. The first-order valence-corrected chi connectivity index (χ1v) is 8.00. The summed E-state index contributed by atoms with van der Waals surface area (Å²) in [5.41, 5.74) is 0.260. The Hall–Kier alpha value is -2.25. The molecule has 0 aromatic heterocycles. The van der Waals surface area contributed by atoms with Crippen LogP contribution < -0.4 is 10.0 Å². The number of benzene rings is 2. The predicted molar refractivity (Wildman–Crippen MR) is 81.3 cm³/mol. The smallest absolute Gasteiger partial charge is 0.242 e. The molecule has 22 heavy (non-hydrogen) atoms. The molecular weight excluding hydrogens is 307 g/mol. The second-order valence-corrected chi connectivity index (χ2v) is 6.37. The summed E-state index contributed by atoms with van der Waals surface area (Å²) in [6, 6.07) is 12.1. The van der Waals surface area contributed by atoms with E-state index in [1.54, 1.807) is 18.2 Å². The van der Waals surface area contributed by atoms with Gasteiger partial charge in [0.2, 0.25) is 15.9 Å². The van der Waals surface area contributed by atoms with Gasteiger partial charge in [0.25, 0.3) is 0 Å². The third kappa shape index (κ3) is 4.12. The average molecular weight is 322 g/mol. The lowest BCUT2D eigenvalue weighted by molar-refractivity contribution is -0.117. The topological polar surface area (TPSA) is 75.3 Å². The fourth-order valence-corrected chi connectivity index (χ4v) is 2.99. The van der Waals surface area contributed by atoms with Crippen molar-refractivity contribution in [3.63, 3.8) is 0 Å². The Kier molecular flexibility index (Phi) is 4.89. The number of halogens is 1. The number of hydrogen-bond donors (Lipinski definition) is 2. The van der Waals surface area contributed by atoms with Crippen molar-refractivity contribution in [2.45, 2.75) is 17.9 Å². The molecule has 0 saturated carbocycles. The van der Waals surface area contributed by atoms with Gasteiger partial charge in [0, 0.05) is 5.69 Å². The maximum Gasteiger partial charge on any atom is 0.242 e. The molecule has 0 aliphatic carbocycles. The molecule has 2 aromatic carbocycles. The third-order valence-electron chi connectivity index (χ3n) is 2.87. The van der Waals surface area contributed by atoms with Crippen molar-refractivity contribution >= 4 is 21.6 Å². The minimum atomic E-state index is -3.79. The maximum atomic E-state index is 13.0. The van der Waals surface area contributed by atoms with Crippen LogP contribution in [-0.2, 0) is 14.8 Å². The molecule has 0 spiro atoms. The van der Waals surface area contributed by atoms with Crippen molar-refractivity contribution in [1.82, 2.24) is 4.72 Å². The lowest BCUT2D eigenvalue weighted by atomic mass is 10.3. The normalized spacial score (nSPS) is 12.6. The zero-order chi connectivity index (χ0) is 16.2. The molecule has 116 valence electrons. The molecule has 0 fully saturated rings. The first-order chi connectivity index (χ1) is 10.4. The van der Waals surface area contributed by atoms with E-state index in [1.807, 2.05) is 0 Å². The molecule has 7 heteroatoms. The molecule has 0 bridgehead atoms. The van der Waals surface area contributed by atoms with Crippen LogP contribution in [-0.4, -0.2) is 20.4 Å². The molecule has 2 aromatic rings. The molecule has 0 saturated heterocycles. The Morgan fingerprint density at radius 1 is 1.09 bits per heavy atom. The Labute approximate surface area is 128 Å². The van der Waals surface area contributed by atoms with Crippen LogP contribution in [0.2, 0.25) is 0 Å². The minimum Gasteiger partial charge on any atom is -0.325 e. The van der Waals surface area contributed by atoms with Crippen molar-refractivity contribution < 1.29 is 17.6 Å². The molecular formula is C15H15FN2O3S. The zero-order valence-electron chi connectivity index (χ0n) is 11.8. The lowest BCUT2D eigenvalue weighted by Gasteiger charge is -2.14. The quantitative estimate of drug-likeness (QED) is 0.885. The summed E-state index contributed by atoms with van der Waals surface area (Å²) < 4.78 is 39.5. The standard InChI is InChI=1S/C15H15FN2O3S/c1-11(15(19)17-13-7-5-6-12(16)10-13)18-22(20,21)14-8-3-2-4-9-14/h2-11,18H,1H3,(H,17,19)/t11-/m1/s1. The van der Waals surface area contributed by atoms with Crippen LogP contribution in [0.15, 0.2) is 59.5 Å². The molecule has 0 radical (unpaired) electrons. The van der Waals surface area contributed by atoms with Crippen LogP contribution in [0.3, 0.4) is 0 Å². The number of carbonyl (C=O) groups excluding carboxylic acids is 1. The summed E-state index contributed by atoms with van der Waals surface area (Å²) in [4.78, 5) is 12.0. The van der Waals surface area contributed by atoms with Gasteiger partial charge in [-0.05, 0) is 37.3 Å². The molecule has 0 aliphatic heterocycles. The van der Waals surface area contributed by atoms with Crippen molar-refractivity contribution in [3.8, 4) is 0 Å². The number of sulfonamides is 1. The van der Waals surface area contributed by atoms with E-state index in [0.29, 0.717) is 0 Å². The van der Waals surface area contributed by atoms with Crippen molar-refractivity contribution in [2.24, 2.45) is 0 Å². The van der Waals surface area contributed by atoms with E-state index in [4.69, 9.17) is 0 Å². The van der Waals surface area contributed by atoms with Gasteiger partial charge in [-0.3, -0.25) is 4.79 Å². The van der Waals surface area contributed by atoms with Crippen LogP contribution >= 0.6 is 0 Å². The second kappa shape index (κ2) is 6.67. The summed E-state index contributed by atoms with van der Waals surface area (Å²) in [5.74, 6) is -1.07. The van der Waals surface area contributed by atoms with E-state index < -0.39 is 27.8 Å². The van der Waals surface area contributed by atoms with E-state index in [0.717, 1.165) is 6.07 Å². The number of anilines is 1. The van der Waals surface area contributed by atoms with Crippen molar-refractivity contribution in [3.05, 3.63) is 60.4 Å². The summed E-state index contributed by atoms with van der Waals surface area (Å²) in [6.45, 7) is 1.41. The van der Waals surface area contributed by atoms with Crippen LogP contribution in [0.25, 0.3) is 0 Å². The lowest BCUT2D eigenvalue weighted by Crippen LogP contribution is -2.41. The Morgan fingerprint density at radius 2 is 1.77 bits per heavy atom. The van der Waals surface area contributed by atoms with Crippen LogP contribution in [0.5, 0.6) is 0 Å². The van der Waals surface area contributed by atoms with Crippen LogP contribution in [0.1, 0.15) is 6.92 Å². The molecule has 1 atom stereocenters. The SMILES string of the molecule is C[C@@H](NS(=O)(=O)c1ccccc1)C(=O)Nc1cccc(F)c1. The Balaban J connectivity index is 2.05. The number of hydrogen-bond acceptors (Lipinski definition) is 3. The highest BCUT2D eigenvalue weighted by Crippen LogP contribution is 2.11. The monoisotopic (exact) mass is 322 g/mol. The Morgan fingerprint density at radius 3 is 2.41 bits per heavy atom. The predicted octanol–water partition coefficient (Wildman–Crippen LogP) is 2.13. The van der Waals surface area contributed by atoms with Crippen LogP contribution in [0, 0.1) is 5.82 Å². The van der Waals surface area contributed by atoms with E-state index in [9.17, 15) is 17.6 Å². The Bertz CT molecular complexity index is 763. The number of carbonyl (C=O) groups is 1. The van der Waals surface area contributed by atoms with Gasteiger partial charge < -0.3 is 5.32 Å². The molecule has 0 heterocycles. The van der Waals surface area contributed by atoms with E-state index in [2.05, 4.69) is 10.0 Å². The highest BCUT2D eigenvalue weighted by Gasteiger charge is 2.21. The minimum absolute atomic E-state index is 0.0698. The summed E-state index contributed by atoms with van der Waals surface area (Å²) in [5, 5.41) is 2.45. The van der Waals surface area contributed by atoms with Gasteiger partial charge in [-0.25, -0.2) is 12.8 Å². The highest BCUT2D eigenvalue weighted by atomic mass is 32.2. The van der Waals surface area contributed by atoms with Gasteiger partial charge in [-0.2, -0.15) is 4.72 Å². The molecule has 5 nitrogen and oxygen atoms in total. The van der Waals surface area contributed by atoms with Gasteiger partial charge in [-0.1, -0.05) is 24.3 Å². The molecule has 2 rings (SSSR count).